The molecule has 1 heterocycles. The van der Waals surface area contributed by atoms with Gasteiger partial charge in [-0.25, -0.2) is 4.79 Å². The molecule has 3 rings (SSSR count). The number of carbonyl (C=O) groups is 1. The van der Waals surface area contributed by atoms with Gasteiger partial charge in [-0.15, -0.1) is 0 Å². The summed E-state index contributed by atoms with van der Waals surface area (Å²) in [5.41, 5.74) is 1.85. The predicted octanol–water partition coefficient (Wildman–Crippen LogP) is 1.86. The Bertz CT molecular complexity index is 525. The van der Waals surface area contributed by atoms with Crippen molar-refractivity contribution in [2.24, 2.45) is 0 Å². The van der Waals surface area contributed by atoms with E-state index in [0.29, 0.717) is 5.92 Å². The minimum Gasteiger partial charge on any atom is -0.467 e. The molecule has 1 aliphatic heterocycles. The molecule has 114 valence electrons. The molecule has 1 saturated heterocycles. The molecule has 1 aliphatic carbocycles. The lowest BCUT2D eigenvalue weighted by Crippen LogP contribution is -2.59. The smallest absolute Gasteiger partial charge is 0.330 e. The lowest BCUT2D eigenvalue weighted by atomic mass is 9.71. The molecule has 1 fully saturated rings. The van der Waals surface area contributed by atoms with E-state index in [1.54, 1.807) is 0 Å². The molecule has 0 aromatic heterocycles. The molecule has 1 N–H and O–H groups in total. The fraction of sp³-hybridized carbons (Fsp3) is 0.588. The third kappa shape index (κ3) is 2.27. The van der Waals surface area contributed by atoms with Crippen LogP contribution in [0.15, 0.2) is 24.3 Å². The molecule has 0 spiro atoms. The van der Waals surface area contributed by atoms with E-state index in [1.807, 2.05) is 6.07 Å². The third-order valence-electron chi connectivity index (χ3n) is 5.06. The van der Waals surface area contributed by atoms with Crippen LogP contribution in [0.5, 0.6) is 0 Å². The number of benzene rings is 1. The van der Waals surface area contributed by atoms with Gasteiger partial charge in [0.1, 0.15) is 5.54 Å². The van der Waals surface area contributed by atoms with Gasteiger partial charge in [0, 0.05) is 26.2 Å². The summed E-state index contributed by atoms with van der Waals surface area (Å²) in [5, 5.41) is 3.37. The van der Waals surface area contributed by atoms with Gasteiger partial charge in [-0.3, -0.25) is 4.90 Å². The summed E-state index contributed by atoms with van der Waals surface area (Å²) in [6.45, 7) is 5.88. The highest BCUT2D eigenvalue weighted by Crippen LogP contribution is 2.45. The molecule has 2 unspecified atom stereocenters. The van der Waals surface area contributed by atoms with E-state index in [-0.39, 0.29) is 5.97 Å². The Morgan fingerprint density at radius 1 is 1.33 bits per heavy atom. The van der Waals surface area contributed by atoms with E-state index >= 15 is 0 Å². The lowest BCUT2D eigenvalue weighted by molar-refractivity contribution is -0.158. The maximum absolute atomic E-state index is 12.8. The maximum Gasteiger partial charge on any atom is 0.330 e. The Hall–Kier alpha value is -1.39. The summed E-state index contributed by atoms with van der Waals surface area (Å²) in [5.74, 6) is 0.394. The highest BCUT2D eigenvalue weighted by molar-refractivity contribution is 5.83. The molecular formula is C17H24N2O2. The minimum atomic E-state index is -0.597. The standard InChI is InChI=1S/C17H24N2O2/c1-13-7-8-17(16(20)21-2,19-11-9-18-10-12-19)15-6-4-3-5-14(13)15/h3-6,13,18H,7-12H2,1-2H3. The number of piperazine rings is 1. The van der Waals surface area contributed by atoms with E-state index in [1.165, 1.54) is 12.7 Å². The first kappa shape index (κ1) is 14.5. The number of methoxy groups -OCH3 is 1. The molecule has 0 bridgehead atoms. The number of fused-ring (bicyclic) bond motifs is 1. The van der Waals surface area contributed by atoms with Gasteiger partial charge in [-0.1, -0.05) is 31.2 Å². The average Bonchev–Trinajstić information content (AvgIpc) is 2.56. The number of ether oxygens (including phenoxy) is 1. The van der Waals surface area contributed by atoms with Crippen molar-refractivity contribution in [2.45, 2.75) is 31.2 Å². The lowest BCUT2D eigenvalue weighted by Gasteiger charge is -2.47. The zero-order valence-electron chi connectivity index (χ0n) is 12.9. The fourth-order valence-electron chi connectivity index (χ4n) is 3.90. The second-order valence-electron chi connectivity index (χ2n) is 6.12. The Balaban J connectivity index is 2.12. The first-order valence-electron chi connectivity index (χ1n) is 7.83. The topological polar surface area (TPSA) is 41.6 Å². The molecule has 1 aromatic rings. The summed E-state index contributed by atoms with van der Waals surface area (Å²) in [6, 6.07) is 8.39. The molecule has 1 aromatic carbocycles. The number of hydrogen-bond donors (Lipinski definition) is 1. The summed E-state index contributed by atoms with van der Waals surface area (Å²) in [6.07, 6.45) is 1.87. The van der Waals surface area contributed by atoms with E-state index in [4.69, 9.17) is 4.74 Å². The van der Waals surface area contributed by atoms with Crippen LogP contribution in [0.25, 0.3) is 0 Å². The van der Waals surface area contributed by atoms with Crippen LogP contribution < -0.4 is 5.32 Å². The summed E-state index contributed by atoms with van der Waals surface area (Å²) >= 11 is 0. The Morgan fingerprint density at radius 3 is 2.76 bits per heavy atom. The number of carbonyl (C=O) groups excluding carboxylic acids is 1. The van der Waals surface area contributed by atoms with Crippen LogP contribution in [0.4, 0.5) is 0 Å². The molecule has 4 heteroatoms. The van der Waals surface area contributed by atoms with Crippen molar-refractivity contribution in [1.29, 1.82) is 0 Å². The molecule has 0 radical (unpaired) electrons. The molecule has 0 saturated carbocycles. The Morgan fingerprint density at radius 2 is 2.05 bits per heavy atom. The number of rotatable bonds is 2. The van der Waals surface area contributed by atoms with Gasteiger partial charge in [0.15, 0.2) is 0 Å². The normalized spacial score (nSPS) is 29.7. The number of nitrogens with one attached hydrogen (secondary N) is 1. The van der Waals surface area contributed by atoms with E-state index < -0.39 is 5.54 Å². The minimum absolute atomic E-state index is 0.108. The molecule has 2 atom stereocenters. The van der Waals surface area contributed by atoms with Crippen molar-refractivity contribution in [2.75, 3.05) is 33.3 Å². The van der Waals surface area contributed by atoms with Crippen LogP contribution in [0, 0.1) is 0 Å². The summed E-state index contributed by atoms with van der Waals surface area (Å²) in [4.78, 5) is 15.1. The summed E-state index contributed by atoms with van der Waals surface area (Å²) in [7, 11) is 1.51. The SMILES string of the molecule is COC(=O)C1(N2CCNCC2)CCC(C)c2ccccc21. The third-order valence-corrected chi connectivity index (χ3v) is 5.06. The molecule has 21 heavy (non-hydrogen) atoms. The van der Waals surface area contributed by atoms with Crippen LogP contribution in [0.3, 0.4) is 0 Å². The van der Waals surface area contributed by atoms with E-state index in [2.05, 4.69) is 35.3 Å². The number of hydrogen-bond acceptors (Lipinski definition) is 4. The van der Waals surface area contributed by atoms with E-state index in [0.717, 1.165) is 44.6 Å². The van der Waals surface area contributed by atoms with Crippen molar-refractivity contribution in [1.82, 2.24) is 10.2 Å². The summed E-state index contributed by atoms with van der Waals surface area (Å²) < 4.78 is 5.24. The van der Waals surface area contributed by atoms with Gasteiger partial charge < -0.3 is 10.1 Å². The monoisotopic (exact) mass is 288 g/mol. The predicted molar refractivity (Wildman–Crippen MR) is 82.2 cm³/mol. The zero-order valence-corrected chi connectivity index (χ0v) is 12.9. The first-order valence-corrected chi connectivity index (χ1v) is 7.83. The Kier molecular flexibility index (Phi) is 4.00. The first-order chi connectivity index (χ1) is 10.2. The molecule has 0 amide bonds. The largest absolute Gasteiger partial charge is 0.467 e. The number of nitrogens with zero attached hydrogens (tertiary/aromatic N) is 1. The molecule has 2 aliphatic rings. The van der Waals surface area contributed by atoms with Gasteiger partial charge in [0.25, 0.3) is 0 Å². The van der Waals surface area contributed by atoms with Crippen LogP contribution in [0.2, 0.25) is 0 Å². The van der Waals surface area contributed by atoms with Gasteiger partial charge in [0.05, 0.1) is 7.11 Å². The van der Waals surface area contributed by atoms with Crippen molar-refractivity contribution in [3.8, 4) is 0 Å². The van der Waals surface area contributed by atoms with Crippen LogP contribution in [-0.2, 0) is 15.1 Å². The highest BCUT2D eigenvalue weighted by atomic mass is 16.5. The average molecular weight is 288 g/mol. The second-order valence-corrected chi connectivity index (χ2v) is 6.12. The van der Waals surface area contributed by atoms with Crippen molar-refractivity contribution in [3.05, 3.63) is 35.4 Å². The quantitative estimate of drug-likeness (QED) is 0.844. The van der Waals surface area contributed by atoms with Crippen LogP contribution >= 0.6 is 0 Å². The molecule has 4 nitrogen and oxygen atoms in total. The molecular weight excluding hydrogens is 264 g/mol. The fourth-order valence-corrected chi connectivity index (χ4v) is 3.90. The van der Waals surface area contributed by atoms with Gasteiger partial charge in [-0.05, 0) is 29.9 Å². The van der Waals surface area contributed by atoms with E-state index in [9.17, 15) is 4.79 Å². The zero-order chi connectivity index (χ0) is 14.9. The maximum atomic E-state index is 12.8. The number of esters is 1. The van der Waals surface area contributed by atoms with Crippen molar-refractivity contribution in [3.63, 3.8) is 0 Å². The van der Waals surface area contributed by atoms with Crippen molar-refractivity contribution >= 4 is 5.97 Å². The highest BCUT2D eigenvalue weighted by Gasteiger charge is 2.50. The van der Waals surface area contributed by atoms with Gasteiger partial charge in [-0.2, -0.15) is 0 Å². The van der Waals surface area contributed by atoms with Crippen LogP contribution in [-0.4, -0.2) is 44.2 Å². The Labute approximate surface area is 126 Å². The van der Waals surface area contributed by atoms with Gasteiger partial charge in [0.2, 0.25) is 0 Å². The second kappa shape index (κ2) is 5.78. The van der Waals surface area contributed by atoms with Crippen molar-refractivity contribution < 1.29 is 9.53 Å². The van der Waals surface area contributed by atoms with Crippen LogP contribution in [0.1, 0.15) is 36.8 Å². The van der Waals surface area contributed by atoms with Gasteiger partial charge >= 0.3 is 5.97 Å².